The van der Waals surface area contributed by atoms with Gasteiger partial charge < -0.3 is 10.4 Å². The smallest absolute Gasteiger partial charge is 0.226 e. The van der Waals surface area contributed by atoms with Crippen molar-refractivity contribution in [2.24, 2.45) is 0 Å². The molecule has 0 aromatic carbocycles. The lowest BCUT2D eigenvalue weighted by atomic mass is 9.99. The van der Waals surface area contributed by atoms with E-state index in [1.54, 1.807) is 18.3 Å². The molecule has 0 aliphatic rings. The number of nitrogens with zero attached hydrogens (tertiary/aromatic N) is 1. The lowest BCUT2D eigenvalue weighted by molar-refractivity contribution is -0.121. The van der Waals surface area contributed by atoms with E-state index in [1.807, 2.05) is 29.1 Å². The average molecular weight is 310 g/mol. The minimum atomic E-state index is -1.04. The zero-order valence-corrected chi connectivity index (χ0v) is 13.2. The first-order valence-corrected chi connectivity index (χ1v) is 8.28. The predicted molar refractivity (Wildman–Crippen MR) is 82.1 cm³/mol. The van der Waals surface area contributed by atoms with Gasteiger partial charge >= 0.3 is 0 Å². The van der Waals surface area contributed by atoms with Crippen molar-refractivity contribution in [3.8, 4) is 0 Å². The second-order valence-electron chi connectivity index (χ2n) is 4.83. The van der Waals surface area contributed by atoms with Crippen molar-refractivity contribution in [2.45, 2.75) is 32.3 Å². The molecule has 4 nitrogen and oxygen atoms in total. The minimum absolute atomic E-state index is 0.117. The highest BCUT2D eigenvalue weighted by atomic mass is 32.1. The third-order valence-electron chi connectivity index (χ3n) is 3.02. The summed E-state index contributed by atoms with van der Waals surface area (Å²) in [5.41, 5.74) is 0.580. The fraction of sp³-hybridized carbons (Fsp3) is 0.429. The average Bonchev–Trinajstić information content (AvgIpc) is 3.07. The molecule has 0 aliphatic carbocycles. The van der Waals surface area contributed by atoms with Crippen molar-refractivity contribution in [3.63, 3.8) is 0 Å². The number of aliphatic hydroxyl groups is 1. The number of thiazole rings is 1. The summed E-state index contributed by atoms with van der Waals surface area (Å²) in [5.74, 6) is -0.117. The van der Waals surface area contributed by atoms with Crippen molar-refractivity contribution in [1.29, 1.82) is 0 Å². The lowest BCUT2D eigenvalue weighted by Gasteiger charge is -2.22. The largest absolute Gasteiger partial charge is 0.384 e. The Morgan fingerprint density at radius 3 is 2.90 bits per heavy atom. The molecule has 0 saturated carbocycles. The van der Waals surface area contributed by atoms with Crippen LogP contribution in [0.15, 0.2) is 22.2 Å². The van der Waals surface area contributed by atoms with E-state index in [0.717, 1.165) is 22.7 Å². The van der Waals surface area contributed by atoms with Crippen molar-refractivity contribution in [3.05, 3.63) is 38.5 Å². The number of rotatable bonds is 6. The number of hydrogen-bond donors (Lipinski definition) is 2. The minimum Gasteiger partial charge on any atom is -0.384 e. The second kappa shape index (κ2) is 6.47. The number of aryl methyl sites for hydroxylation is 1. The highest BCUT2D eigenvalue weighted by Crippen LogP contribution is 2.22. The van der Waals surface area contributed by atoms with Crippen LogP contribution in [-0.4, -0.2) is 22.5 Å². The molecule has 108 valence electrons. The number of hydrogen-bond acceptors (Lipinski definition) is 5. The molecule has 2 N–H and O–H groups in total. The van der Waals surface area contributed by atoms with E-state index in [9.17, 15) is 9.90 Å². The summed E-state index contributed by atoms with van der Waals surface area (Å²) in [6.07, 6.45) is 1.15. The third-order valence-corrected chi connectivity index (χ3v) is 4.74. The van der Waals surface area contributed by atoms with E-state index in [4.69, 9.17) is 0 Å². The molecule has 6 heteroatoms. The molecule has 20 heavy (non-hydrogen) atoms. The highest BCUT2D eigenvalue weighted by molar-refractivity contribution is 7.09. The highest BCUT2D eigenvalue weighted by Gasteiger charge is 2.24. The van der Waals surface area contributed by atoms with Crippen LogP contribution in [0.1, 0.15) is 30.1 Å². The van der Waals surface area contributed by atoms with Gasteiger partial charge in [-0.1, -0.05) is 6.92 Å². The maximum atomic E-state index is 11.9. The quantitative estimate of drug-likeness (QED) is 0.861. The Hall–Kier alpha value is -1.24. The Labute approximate surface area is 126 Å². The Bertz CT molecular complexity index is 562. The van der Waals surface area contributed by atoms with E-state index in [0.29, 0.717) is 0 Å². The number of carbonyl (C=O) groups is 1. The maximum Gasteiger partial charge on any atom is 0.226 e. The topological polar surface area (TPSA) is 62.2 Å². The SMILES string of the molecule is CCc1nc(CC(=O)NCC(C)(O)c2ccsc2)cs1. The Balaban J connectivity index is 1.86. The first kappa shape index (κ1) is 15.2. The van der Waals surface area contributed by atoms with Gasteiger partial charge in [0.2, 0.25) is 5.91 Å². The summed E-state index contributed by atoms with van der Waals surface area (Å²) < 4.78 is 0. The number of nitrogens with one attached hydrogen (secondary N) is 1. The summed E-state index contributed by atoms with van der Waals surface area (Å²) in [6, 6.07) is 1.87. The molecule has 0 fully saturated rings. The molecular weight excluding hydrogens is 292 g/mol. The fourth-order valence-electron chi connectivity index (χ4n) is 1.76. The second-order valence-corrected chi connectivity index (χ2v) is 6.55. The Kier molecular flexibility index (Phi) is 4.91. The number of amides is 1. The van der Waals surface area contributed by atoms with Gasteiger partial charge in [0.25, 0.3) is 0 Å². The molecule has 0 saturated heterocycles. The summed E-state index contributed by atoms with van der Waals surface area (Å²) in [6.45, 7) is 3.95. The molecular formula is C14H18N2O2S2. The van der Waals surface area contributed by atoms with Crippen LogP contribution in [0, 0.1) is 0 Å². The number of carbonyl (C=O) groups excluding carboxylic acids is 1. The zero-order chi connectivity index (χ0) is 14.6. The van der Waals surface area contributed by atoms with E-state index < -0.39 is 5.60 Å². The van der Waals surface area contributed by atoms with E-state index in [1.165, 1.54) is 11.3 Å². The number of thiophene rings is 1. The molecule has 2 heterocycles. The fourth-order valence-corrected chi connectivity index (χ4v) is 3.29. The molecule has 1 atom stereocenters. The van der Waals surface area contributed by atoms with E-state index in [-0.39, 0.29) is 18.9 Å². The summed E-state index contributed by atoms with van der Waals surface area (Å²) in [5, 5.41) is 19.8. The van der Waals surface area contributed by atoms with Crippen LogP contribution in [0.3, 0.4) is 0 Å². The molecule has 2 aromatic heterocycles. The van der Waals surface area contributed by atoms with Crippen molar-refractivity contribution >= 4 is 28.6 Å². The molecule has 0 spiro atoms. The Morgan fingerprint density at radius 2 is 2.30 bits per heavy atom. The van der Waals surface area contributed by atoms with Crippen molar-refractivity contribution < 1.29 is 9.90 Å². The first-order chi connectivity index (χ1) is 9.51. The predicted octanol–water partition coefficient (Wildman–Crippen LogP) is 2.33. The monoisotopic (exact) mass is 310 g/mol. The van der Waals surface area contributed by atoms with Crippen LogP contribution in [0.25, 0.3) is 0 Å². The standard InChI is InChI=1S/C14H18N2O2S2/c1-3-13-16-11(8-20-13)6-12(17)15-9-14(2,18)10-4-5-19-7-10/h4-5,7-8,18H,3,6,9H2,1-2H3,(H,15,17). The van der Waals surface area contributed by atoms with Gasteiger partial charge in [0, 0.05) is 5.38 Å². The summed E-state index contributed by atoms with van der Waals surface area (Å²) in [4.78, 5) is 16.2. The summed E-state index contributed by atoms with van der Waals surface area (Å²) in [7, 11) is 0. The molecule has 2 aromatic rings. The Morgan fingerprint density at radius 1 is 1.50 bits per heavy atom. The maximum absolute atomic E-state index is 11.9. The van der Waals surface area contributed by atoms with Gasteiger partial charge in [0.05, 0.1) is 23.7 Å². The van der Waals surface area contributed by atoms with Crippen molar-refractivity contribution in [2.75, 3.05) is 6.54 Å². The van der Waals surface area contributed by atoms with Gasteiger partial charge in [0.15, 0.2) is 0 Å². The normalized spacial score (nSPS) is 13.9. The van der Waals surface area contributed by atoms with Gasteiger partial charge in [-0.3, -0.25) is 4.79 Å². The number of aromatic nitrogens is 1. The van der Waals surface area contributed by atoms with Gasteiger partial charge in [-0.25, -0.2) is 4.98 Å². The van der Waals surface area contributed by atoms with Crippen LogP contribution in [-0.2, 0) is 23.2 Å². The zero-order valence-electron chi connectivity index (χ0n) is 11.5. The van der Waals surface area contributed by atoms with E-state index >= 15 is 0 Å². The van der Waals surface area contributed by atoms with Gasteiger partial charge in [0.1, 0.15) is 5.60 Å². The van der Waals surface area contributed by atoms with Gasteiger partial charge in [-0.15, -0.1) is 11.3 Å². The van der Waals surface area contributed by atoms with Crippen LogP contribution in [0.5, 0.6) is 0 Å². The molecule has 0 aliphatic heterocycles. The first-order valence-electron chi connectivity index (χ1n) is 6.46. The molecule has 2 rings (SSSR count). The molecule has 1 amide bonds. The van der Waals surface area contributed by atoms with E-state index in [2.05, 4.69) is 10.3 Å². The molecule has 0 bridgehead atoms. The van der Waals surface area contributed by atoms with Crippen LogP contribution >= 0.6 is 22.7 Å². The van der Waals surface area contributed by atoms with Gasteiger partial charge in [-0.05, 0) is 35.7 Å². The van der Waals surface area contributed by atoms with Crippen LogP contribution < -0.4 is 5.32 Å². The summed E-state index contributed by atoms with van der Waals surface area (Å²) >= 11 is 3.10. The van der Waals surface area contributed by atoms with Crippen LogP contribution in [0.2, 0.25) is 0 Å². The van der Waals surface area contributed by atoms with Gasteiger partial charge in [-0.2, -0.15) is 11.3 Å². The lowest BCUT2D eigenvalue weighted by Crippen LogP contribution is -2.39. The third kappa shape index (κ3) is 3.88. The molecule has 1 unspecified atom stereocenters. The molecule has 0 radical (unpaired) electrons. The van der Waals surface area contributed by atoms with Crippen molar-refractivity contribution in [1.82, 2.24) is 10.3 Å². The van der Waals surface area contributed by atoms with Crippen LogP contribution in [0.4, 0.5) is 0 Å².